The van der Waals surface area contributed by atoms with Crippen LogP contribution in [0.2, 0.25) is 0 Å². The first-order chi connectivity index (χ1) is 10.2. The van der Waals surface area contributed by atoms with Gasteiger partial charge in [0.15, 0.2) is 5.96 Å². The van der Waals surface area contributed by atoms with Crippen molar-refractivity contribution < 1.29 is 0 Å². The van der Waals surface area contributed by atoms with E-state index in [4.69, 9.17) is 0 Å². The molecule has 0 radical (unpaired) electrons. The van der Waals surface area contributed by atoms with Crippen molar-refractivity contribution in [2.24, 2.45) is 10.9 Å². The Balaban J connectivity index is 2.22. The molecule has 0 aromatic carbocycles. The van der Waals surface area contributed by atoms with E-state index in [1.165, 1.54) is 45.2 Å². The van der Waals surface area contributed by atoms with Crippen molar-refractivity contribution in [1.82, 2.24) is 15.1 Å². The second kappa shape index (κ2) is 10.7. The predicted molar refractivity (Wildman–Crippen MR) is 92.9 cm³/mol. The van der Waals surface area contributed by atoms with Crippen LogP contribution < -0.4 is 5.32 Å². The molecule has 21 heavy (non-hydrogen) atoms. The van der Waals surface area contributed by atoms with Crippen molar-refractivity contribution in [2.75, 3.05) is 47.3 Å². The fourth-order valence-corrected chi connectivity index (χ4v) is 2.98. The van der Waals surface area contributed by atoms with Crippen LogP contribution in [0.3, 0.4) is 0 Å². The Hall–Kier alpha value is -1.03. The topological polar surface area (TPSA) is 30.9 Å². The highest BCUT2D eigenvalue weighted by molar-refractivity contribution is 5.79. The van der Waals surface area contributed by atoms with Crippen LogP contribution in [-0.4, -0.2) is 63.1 Å². The van der Waals surface area contributed by atoms with Gasteiger partial charge in [-0.05, 0) is 51.6 Å². The highest BCUT2D eigenvalue weighted by Gasteiger charge is 2.17. The summed E-state index contributed by atoms with van der Waals surface area (Å²) in [7, 11) is 6.23. The molecule has 0 aromatic heterocycles. The third kappa shape index (κ3) is 7.51. The summed E-state index contributed by atoms with van der Waals surface area (Å²) < 4.78 is 0. The molecule has 1 N–H and O–H groups in total. The Bertz CT molecular complexity index is 314. The number of nitrogens with zero attached hydrogens (tertiary/aromatic N) is 3. The molecule has 1 saturated heterocycles. The van der Waals surface area contributed by atoms with E-state index in [1.807, 2.05) is 13.1 Å². The Morgan fingerprint density at radius 1 is 1.43 bits per heavy atom. The Labute approximate surface area is 131 Å². The fourth-order valence-electron chi connectivity index (χ4n) is 2.98. The molecule has 1 unspecified atom stereocenters. The molecule has 0 aliphatic carbocycles. The highest BCUT2D eigenvalue weighted by atomic mass is 15.3. The van der Waals surface area contributed by atoms with Gasteiger partial charge in [-0.2, -0.15) is 0 Å². The minimum absolute atomic E-state index is 0.751. The molecule has 0 bridgehead atoms. The maximum Gasteiger partial charge on any atom is 0.193 e. The van der Waals surface area contributed by atoms with Crippen molar-refractivity contribution in [3.05, 3.63) is 12.7 Å². The largest absolute Gasteiger partial charge is 0.356 e. The smallest absolute Gasteiger partial charge is 0.193 e. The van der Waals surface area contributed by atoms with Gasteiger partial charge in [-0.1, -0.05) is 12.5 Å². The molecule has 1 aliphatic rings. The SMILES string of the molecule is C=CCCCCCN(C)C(=NC)NCC1CCCN(C)C1. The molecular weight excluding hydrogens is 260 g/mol. The Morgan fingerprint density at radius 2 is 2.24 bits per heavy atom. The summed E-state index contributed by atoms with van der Waals surface area (Å²) in [4.78, 5) is 9.09. The molecule has 0 saturated carbocycles. The van der Waals surface area contributed by atoms with Crippen LogP contribution in [0, 0.1) is 5.92 Å². The molecule has 0 aromatic rings. The molecule has 0 amide bonds. The first-order valence-electron chi connectivity index (χ1n) is 8.38. The van der Waals surface area contributed by atoms with E-state index in [-0.39, 0.29) is 0 Å². The lowest BCUT2D eigenvalue weighted by Crippen LogP contribution is -2.44. The van der Waals surface area contributed by atoms with Gasteiger partial charge in [0.25, 0.3) is 0 Å². The minimum atomic E-state index is 0.751. The van der Waals surface area contributed by atoms with Crippen molar-refractivity contribution >= 4 is 5.96 Å². The third-order valence-electron chi connectivity index (χ3n) is 4.25. The number of hydrogen-bond acceptors (Lipinski definition) is 2. The fraction of sp³-hybridized carbons (Fsp3) is 0.824. The maximum absolute atomic E-state index is 4.41. The second-order valence-electron chi connectivity index (χ2n) is 6.26. The lowest BCUT2D eigenvalue weighted by molar-refractivity contribution is 0.209. The van der Waals surface area contributed by atoms with Crippen molar-refractivity contribution in [3.63, 3.8) is 0 Å². The van der Waals surface area contributed by atoms with Gasteiger partial charge in [-0.25, -0.2) is 0 Å². The number of aliphatic imine (C=N–C) groups is 1. The van der Waals surface area contributed by atoms with Gasteiger partial charge in [0.1, 0.15) is 0 Å². The quantitative estimate of drug-likeness (QED) is 0.323. The number of piperidine rings is 1. The van der Waals surface area contributed by atoms with E-state index in [9.17, 15) is 0 Å². The summed E-state index contributed by atoms with van der Waals surface area (Å²) in [5, 5.41) is 3.54. The summed E-state index contributed by atoms with van der Waals surface area (Å²) in [5.74, 6) is 1.79. The van der Waals surface area contributed by atoms with Crippen LogP contribution in [0.15, 0.2) is 17.6 Å². The van der Waals surface area contributed by atoms with Gasteiger partial charge >= 0.3 is 0 Å². The van der Waals surface area contributed by atoms with Crippen LogP contribution in [0.25, 0.3) is 0 Å². The predicted octanol–water partition coefficient (Wildman–Crippen LogP) is 2.58. The van der Waals surface area contributed by atoms with Crippen molar-refractivity contribution in [2.45, 2.75) is 38.5 Å². The summed E-state index contributed by atoms with van der Waals surface area (Å²) in [5.41, 5.74) is 0. The molecule has 4 nitrogen and oxygen atoms in total. The zero-order valence-electron chi connectivity index (χ0n) is 14.3. The first kappa shape index (κ1) is 18.0. The first-order valence-corrected chi connectivity index (χ1v) is 8.38. The normalized spacial score (nSPS) is 20.3. The molecule has 4 heteroatoms. The average molecular weight is 294 g/mol. The molecule has 1 atom stereocenters. The van der Waals surface area contributed by atoms with Gasteiger partial charge in [0.2, 0.25) is 0 Å². The van der Waals surface area contributed by atoms with Crippen LogP contribution in [-0.2, 0) is 0 Å². The maximum atomic E-state index is 4.41. The average Bonchev–Trinajstić information content (AvgIpc) is 2.48. The van der Waals surface area contributed by atoms with Crippen LogP contribution in [0.4, 0.5) is 0 Å². The number of likely N-dealkylation sites (tertiary alicyclic amines) is 1. The lowest BCUT2D eigenvalue weighted by atomic mass is 9.98. The van der Waals surface area contributed by atoms with E-state index in [0.29, 0.717) is 0 Å². The number of rotatable bonds is 8. The summed E-state index contributed by atoms with van der Waals surface area (Å²) in [6, 6.07) is 0. The van der Waals surface area contributed by atoms with Crippen molar-refractivity contribution in [3.8, 4) is 0 Å². The van der Waals surface area contributed by atoms with Crippen molar-refractivity contribution in [1.29, 1.82) is 0 Å². The molecule has 1 rings (SSSR count). The molecular formula is C17H34N4. The van der Waals surface area contributed by atoms with Gasteiger partial charge in [-0.3, -0.25) is 4.99 Å². The highest BCUT2D eigenvalue weighted by Crippen LogP contribution is 2.13. The number of allylic oxidation sites excluding steroid dienone is 1. The number of hydrogen-bond donors (Lipinski definition) is 1. The van der Waals surface area contributed by atoms with Gasteiger partial charge in [0.05, 0.1) is 0 Å². The number of guanidine groups is 1. The van der Waals surface area contributed by atoms with E-state index >= 15 is 0 Å². The Kier molecular flexibility index (Phi) is 9.15. The van der Waals surface area contributed by atoms with Gasteiger partial charge < -0.3 is 15.1 Å². The Morgan fingerprint density at radius 3 is 2.90 bits per heavy atom. The standard InChI is InChI=1S/C17H34N4/c1-5-6-7-8-9-13-21(4)17(18-2)19-14-16-11-10-12-20(3)15-16/h5,16H,1,6-15H2,2-4H3,(H,18,19). The summed E-state index contributed by atoms with van der Waals surface area (Å²) in [6.45, 7) is 8.33. The third-order valence-corrected chi connectivity index (χ3v) is 4.25. The van der Waals surface area contributed by atoms with Crippen LogP contribution in [0.1, 0.15) is 38.5 Å². The van der Waals surface area contributed by atoms with Crippen LogP contribution >= 0.6 is 0 Å². The van der Waals surface area contributed by atoms with E-state index in [1.54, 1.807) is 0 Å². The minimum Gasteiger partial charge on any atom is -0.356 e. The van der Waals surface area contributed by atoms with Crippen LogP contribution in [0.5, 0.6) is 0 Å². The zero-order valence-corrected chi connectivity index (χ0v) is 14.3. The lowest BCUT2D eigenvalue weighted by Gasteiger charge is -2.31. The van der Waals surface area contributed by atoms with Gasteiger partial charge in [-0.15, -0.1) is 6.58 Å². The molecule has 1 fully saturated rings. The monoisotopic (exact) mass is 294 g/mol. The molecule has 1 heterocycles. The van der Waals surface area contributed by atoms with E-state index in [0.717, 1.165) is 31.4 Å². The molecule has 122 valence electrons. The summed E-state index contributed by atoms with van der Waals surface area (Å²) in [6.07, 6.45) is 9.52. The molecule has 1 aliphatic heterocycles. The van der Waals surface area contributed by atoms with E-state index < -0.39 is 0 Å². The number of nitrogens with one attached hydrogen (secondary N) is 1. The molecule has 0 spiro atoms. The second-order valence-corrected chi connectivity index (χ2v) is 6.26. The number of unbranched alkanes of at least 4 members (excludes halogenated alkanes) is 3. The summed E-state index contributed by atoms with van der Waals surface area (Å²) >= 11 is 0. The van der Waals surface area contributed by atoms with Gasteiger partial charge in [0, 0.05) is 33.7 Å². The van der Waals surface area contributed by atoms with E-state index in [2.05, 4.69) is 40.8 Å². The zero-order chi connectivity index (χ0) is 15.5.